The summed E-state index contributed by atoms with van der Waals surface area (Å²) in [6.45, 7) is 3.90. The van der Waals surface area contributed by atoms with Gasteiger partial charge in [0.25, 0.3) is 0 Å². The van der Waals surface area contributed by atoms with Crippen molar-refractivity contribution in [2.45, 2.75) is 13.8 Å². The highest BCUT2D eigenvalue weighted by atomic mass is 127. The van der Waals surface area contributed by atoms with Crippen LogP contribution in [0.3, 0.4) is 0 Å². The molecule has 0 unspecified atom stereocenters. The molecule has 0 spiro atoms. The van der Waals surface area contributed by atoms with Crippen LogP contribution in [0.25, 0.3) is 11.4 Å². The maximum absolute atomic E-state index is 13.0. The first-order valence-corrected chi connectivity index (χ1v) is 14.0. The molecule has 0 saturated carbocycles. The van der Waals surface area contributed by atoms with E-state index in [9.17, 15) is 8.78 Å². The lowest BCUT2D eigenvalue weighted by Crippen LogP contribution is -1.98. The molecule has 6 aromatic rings. The van der Waals surface area contributed by atoms with Crippen LogP contribution in [0.5, 0.6) is 0 Å². The third-order valence-electron chi connectivity index (χ3n) is 5.68. The van der Waals surface area contributed by atoms with Crippen LogP contribution in [0.4, 0.5) is 8.78 Å². The third-order valence-corrected chi connectivity index (χ3v) is 6.21. The molecular weight excluding hydrogens is 657 g/mol. The summed E-state index contributed by atoms with van der Waals surface area (Å²) >= 11 is 2.15. The smallest absolute Gasteiger partial charge is 0.136 e. The molecule has 0 radical (unpaired) electrons. The van der Waals surface area contributed by atoms with E-state index >= 15 is 0 Å². The second-order valence-corrected chi connectivity index (χ2v) is 9.99. The Morgan fingerprint density at radius 3 is 1.56 bits per heavy atom. The number of hydrogen-bond acceptors (Lipinski definition) is 4. The zero-order chi connectivity index (χ0) is 30.6. The molecule has 6 nitrogen and oxygen atoms in total. The van der Waals surface area contributed by atoms with Crippen molar-refractivity contribution in [1.82, 2.24) is 29.5 Å². The fourth-order valence-electron chi connectivity index (χ4n) is 3.67. The number of rotatable bonds is 2. The number of benzene rings is 2. The highest BCUT2D eigenvalue weighted by Gasteiger charge is 2.05. The molecule has 4 heterocycles. The van der Waals surface area contributed by atoms with E-state index < -0.39 is 0 Å². The van der Waals surface area contributed by atoms with E-state index in [2.05, 4.69) is 60.5 Å². The summed E-state index contributed by atoms with van der Waals surface area (Å²) in [5.74, 6) is 7.87. The third kappa shape index (κ3) is 9.18. The number of terminal acetylenes is 1. The lowest BCUT2D eigenvalue weighted by molar-refractivity contribution is 0.626. The van der Waals surface area contributed by atoms with Crippen molar-refractivity contribution in [2.75, 3.05) is 0 Å². The molecule has 0 atom stereocenters. The van der Waals surface area contributed by atoms with Gasteiger partial charge in [-0.3, -0.25) is 0 Å². The van der Waals surface area contributed by atoms with Gasteiger partial charge in [-0.15, -0.1) is 6.42 Å². The van der Waals surface area contributed by atoms with E-state index in [1.807, 2.05) is 56.3 Å². The first-order valence-electron chi connectivity index (χ1n) is 12.9. The van der Waals surface area contributed by atoms with Crippen molar-refractivity contribution in [2.24, 2.45) is 0 Å². The van der Waals surface area contributed by atoms with Gasteiger partial charge in [-0.25, -0.2) is 28.1 Å². The van der Waals surface area contributed by atoms with Crippen molar-refractivity contribution in [3.8, 4) is 35.6 Å². The average Bonchev–Trinajstić information content (AvgIpc) is 3.58. The fraction of sp³-hybridized carbons (Fsp3) is 0.0588. The van der Waals surface area contributed by atoms with Crippen LogP contribution < -0.4 is 0 Å². The molecule has 0 bridgehead atoms. The molecule has 4 aromatic heterocycles. The highest BCUT2D eigenvalue weighted by molar-refractivity contribution is 14.1. The van der Waals surface area contributed by atoms with Crippen molar-refractivity contribution < 1.29 is 8.78 Å². The maximum atomic E-state index is 13.0. The Bertz CT molecular complexity index is 1860. The van der Waals surface area contributed by atoms with Crippen LogP contribution >= 0.6 is 22.6 Å². The van der Waals surface area contributed by atoms with E-state index in [0.29, 0.717) is 17.1 Å². The average molecular weight is 683 g/mol. The van der Waals surface area contributed by atoms with Gasteiger partial charge in [0.05, 0.1) is 11.4 Å². The van der Waals surface area contributed by atoms with Crippen LogP contribution in [0.15, 0.2) is 109 Å². The summed E-state index contributed by atoms with van der Waals surface area (Å²) in [7, 11) is 0. The fourth-order valence-corrected chi connectivity index (χ4v) is 4.34. The predicted molar refractivity (Wildman–Crippen MR) is 172 cm³/mol. The standard InChI is InChI=1S/C17H12FN3.C10H8FIN2.C7H5N/c1-13-12-16(8-7-15-4-2-3-11-19-15)20-21(13)17-9-5-14(18)6-10-17;1-7-6-10(12)13-14(7)9-4-2-8(11)3-5-9;1-2-7-5-3-4-6-8-7/h2-6,9-12H,1H3;2-6H,1H3;1,3-6H. The van der Waals surface area contributed by atoms with Crippen molar-refractivity contribution >= 4 is 22.6 Å². The largest absolute Gasteiger partial charge is 0.248 e. The van der Waals surface area contributed by atoms with Gasteiger partial charge in [-0.05, 0) is 133 Å². The van der Waals surface area contributed by atoms with E-state index in [4.69, 9.17) is 6.42 Å². The SMILES string of the molecule is C#Cc1ccccn1.Cc1cc(C#Cc2ccccn2)nn1-c1ccc(F)cc1.Cc1cc(I)nn1-c1ccc(F)cc1. The van der Waals surface area contributed by atoms with E-state index in [-0.39, 0.29) is 11.6 Å². The molecule has 0 N–H and O–H groups in total. The number of aryl methyl sites for hydroxylation is 2. The summed E-state index contributed by atoms with van der Waals surface area (Å²) < 4.78 is 30.1. The van der Waals surface area contributed by atoms with Crippen LogP contribution in [-0.4, -0.2) is 29.5 Å². The summed E-state index contributed by atoms with van der Waals surface area (Å²) in [5, 5.41) is 8.71. The Morgan fingerprint density at radius 1 is 0.628 bits per heavy atom. The van der Waals surface area contributed by atoms with Crippen molar-refractivity contribution in [3.63, 3.8) is 0 Å². The predicted octanol–water partition coefficient (Wildman–Crippen LogP) is 7.10. The summed E-state index contributed by atoms with van der Waals surface area (Å²) in [4.78, 5) is 8.00. The zero-order valence-electron chi connectivity index (χ0n) is 23.3. The molecule has 212 valence electrons. The molecular formula is C34H25F2IN6. The van der Waals surface area contributed by atoms with Gasteiger partial charge in [-0.1, -0.05) is 18.1 Å². The summed E-state index contributed by atoms with van der Waals surface area (Å²) in [5.41, 5.74) is 5.71. The Labute approximate surface area is 262 Å². The quantitative estimate of drug-likeness (QED) is 0.145. The van der Waals surface area contributed by atoms with Gasteiger partial charge in [0.1, 0.15) is 32.4 Å². The molecule has 0 aliphatic carbocycles. The Morgan fingerprint density at radius 2 is 1.12 bits per heavy atom. The molecule has 0 saturated heterocycles. The number of hydrogen-bond donors (Lipinski definition) is 0. The van der Waals surface area contributed by atoms with Gasteiger partial charge in [0.15, 0.2) is 0 Å². The van der Waals surface area contributed by atoms with Crippen molar-refractivity contribution in [3.05, 3.63) is 153 Å². The molecule has 0 aliphatic heterocycles. The van der Waals surface area contributed by atoms with Gasteiger partial charge in [0.2, 0.25) is 0 Å². The van der Waals surface area contributed by atoms with Crippen LogP contribution in [0.2, 0.25) is 0 Å². The molecule has 9 heteroatoms. The van der Waals surface area contributed by atoms with Crippen LogP contribution in [0, 0.1) is 53.4 Å². The minimum Gasteiger partial charge on any atom is -0.248 e. The first kappa shape index (κ1) is 30.8. The lowest BCUT2D eigenvalue weighted by Gasteiger charge is -2.02. The zero-order valence-corrected chi connectivity index (χ0v) is 25.4. The van der Waals surface area contributed by atoms with Crippen LogP contribution in [-0.2, 0) is 0 Å². The minimum absolute atomic E-state index is 0.228. The molecule has 2 aromatic carbocycles. The second kappa shape index (κ2) is 15.2. The number of pyridine rings is 2. The van der Waals surface area contributed by atoms with Crippen molar-refractivity contribution in [1.29, 1.82) is 0 Å². The Kier molecular flexibility index (Phi) is 10.9. The number of halogens is 3. The van der Waals surface area contributed by atoms with Gasteiger partial charge in [0, 0.05) is 23.8 Å². The summed E-state index contributed by atoms with van der Waals surface area (Å²) in [6, 6.07) is 27.4. The Hall–Kier alpha value is -5.13. The van der Waals surface area contributed by atoms with Crippen LogP contribution in [0.1, 0.15) is 28.5 Å². The molecule has 0 fully saturated rings. The van der Waals surface area contributed by atoms with Gasteiger partial charge in [-0.2, -0.15) is 10.2 Å². The highest BCUT2D eigenvalue weighted by Crippen LogP contribution is 2.14. The molecule has 0 amide bonds. The van der Waals surface area contributed by atoms with E-state index in [0.717, 1.165) is 26.5 Å². The topological polar surface area (TPSA) is 61.4 Å². The molecule has 6 rings (SSSR count). The minimum atomic E-state index is -0.265. The lowest BCUT2D eigenvalue weighted by atomic mass is 10.3. The second-order valence-electron chi connectivity index (χ2n) is 8.88. The van der Waals surface area contributed by atoms with Gasteiger partial charge < -0.3 is 0 Å². The van der Waals surface area contributed by atoms with E-state index in [1.54, 1.807) is 52.1 Å². The molecule has 43 heavy (non-hydrogen) atoms. The van der Waals surface area contributed by atoms with E-state index in [1.165, 1.54) is 24.3 Å². The Balaban J connectivity index is 0.000000165. The molecule has 0 aliphatic rings. The number of aromatic nitrogens is 6. The van der Waals surface area contributed by atoms with Gasteiger partial charge >= 0.3 is 0 Å². The maximum Gasteiger partial charge on any atom is 0.136 e. The summed E-state index contributed by atoms with van der Waals surface area (Å²) in [6.07, 6.45) is 8.41. The normalized spacial score (nSPS) is 9.77. The first-order chi connectivity index (χ1) is 20.8. The monoisotopic (exact) mass is 682 g/mol. The number of nitrogens with zero attached hydrogens (tertiary/aromatic N) is 6.